The summed E-state index contributed by atoms with van der Waals surface area (Å²) in [6, 6.07) is 0.287. The lowest BCUT2D eigenvalue weighted by Crippen LogP contribution is -2.55. The molecule has 21 heavy (non-hydrogen) atoms. The number of ether oxygens (including phenoxy) is 1. The quantitative estimate of drug-likeness (QED) is 0.723. The zero-order chi connectivity index (χ0) is 15.8. The van der Waals surface area contributed by atoms with E-state index in [-0.39, 0.29) is 12.1 Å². The van der Waals surface area contributed by atoms with E-state index in [9.17, 15) is 4.79 Å². The van der Waals surface area contributed by atoms with E-state index < -0.39 is 0 Å². The second-order valence-electron chi connectivity index (χ2n) is 6.58. The number of likely N-dealkylation sites (N-methyl/N-ethyl adjacent to an activating group) is 2. The van der Waals surface area contributed by atoms with E-state index in [1.807, 2.05) is 6.92 Å². The second kappa shape index (κ2) is 9.23. The molecule has 2 N–H and O–H groups in total. The summed E-state index contributed by atoms with van der Waals surface area (Å²) in [6.45, 7) is 11.3. The van der Waals surface area contributed by atoms with Crippen LogP contribution in [-0.2, 0) is 4.74 Å². The molecule has 1 heterocycles. The van der Waals surface area contributed by atoms with E-state index in [1.165, 1.54) is 0 Å². The van der Waals surface area contributed by atoms with Gasteiger partial charge in [-0.2, -0.15) is 0 Å². The van der Waals surface area contributed by atoms with Gasteiger partial charge in [0, 0.05) is 38.8 Å². The normalized spacial score (nSPS) is 22.3. The number of nitrogens with zero attached hydrogens (tertiary/aromatic N) is 2. The Hall–Kier alpha value is -0.850. The number of rotatable bonds is 7. The van der Waals surface area contributed by atoms with Crippen LogP contribution in [0.5, 0.6) is 0 Å². The number of piperazine rings is 1. The summed E-state index contributed by atoms with van der Waals surface area (Å²) in [7, 11) is 4.23. The van der Waals surface area contributed by atoms with Crippen molar-refractivity contribution in [2.75, 3.05) is 53.5 Å². The molecule has 2 atom stereocenters. The van der Waals surface area contributed by atoms with Crippen LogP contribution in [-0.4, -0.2) is 81.4 Å². The van der Waals surface area contributed by atoms with Crippen molar-refractivity contribution in [3.05, 3.63) is 0 Å². The predicted molar refractivity (Wildman–Crippen MR) is 85.6 cm³/mol. The SMILES string of the molecule is CC(C)COC[C@@H](C)NC(=O)NC[C@@H]1CN(C)CCN1C. The van der Waals surface area contributed by atoms with Crippen molar-refractivity contribution in [3.63, 3.8) is 0 Å². The molecule has 0 aromatic heterocycles. The van der Waals surface area contributed by atoms with Gasteiger partial charge >= 0.3 is 6.03 Å². The molecule has 0 aromatic carbocycles. The highest BCUT2D eigenvalue weighted by Gasteiger charge is 2.22. The summed E-state index contributed by atoms with van der Waals surface area (Å²) in [6.07, 6.45) is 0. The molecule has 0 unspecified atom stereocenters. The van der Waals surface area contributed by atoms with Gasteiger partial charge in [0.05, 0.1) is 12.6 Å². The monoisotopic (exact) mass is 300 g/mol. The van der Waals surface area contributed by atoms with Gasteiger partial charge in [0.15, 0.2) is 0 Å². The maximum absolute atomic E-state index is 11.9. The molecule has 0 radical (unpaired) electrons. The Kier molecular flexibility index (Phi) is 8.00. The Morgan fingerprint density at radius 3 is 2.62 bits per heavy atom. The topological polar surface area (TPSA) is 56.8 Å². The fraction of sp³-hybridized carbons (Fsp3) is 0.933. The zero-order valence-corrected chi connectivity index (χ0v) is 14.2. The van der Waals surface area contributed by atoms with Crippen LogP contribution in [0, 0.1) is 5.92 Å². The molecule has 6 heteroatoms. The first-order chi connectivity index (χ1) is 9.88. The average Bonchev–Trinajstić information content (AvgIpc) is 2.39. The molecule has 124 valence electrons. The molecule has 0 bridgehead atoms. The molecule has 1 aliphatic rings. The lowest BCUT2D eigenvalue weighted by atomic mass is 10.2. The highest BCUT2D eigenvalue weighted by Crippen LogP contribution is 2.04. The van der Waals surface area contributed by atoms with Crippen molar-refractivity contribution in [2.24, 2.45) is 5.92 Å². The minimum Gasteiger partial charge on any atom is -0.379 e. The minimum atomic E-state index is -0.114. The highest BCUT2D eigenvalue weighted by atomic mass is 16.5. The van der Waals surface area contributed by atoms with Crippen molar-refractivity contribution in [3.8, 4) is 0 Å². The number of nitrogens with one attached hydrogen (secondary N) is 2. The van der Waals surface area contributed by atoms with Crippen LogP contribution < -0.4 is 10.6 Å². The zero-order valence-electron chi connectivity index (χ0n) is 14.2. The van der Waals surface area contributed by atoms with Gasteiger partial charge in [-0.3, -0.25) is 4.90 Å². The van der Waals surface area contributed by atoms with Crippen LogP contribution >= 0.6 is 0 Å². The Morgan fingerprint density at radius 2 is 1.95 bits per heavy atom. The Bertz CT molecular complexity index is 312. The van der Waals surface area contributed by atoms with Gasteiger partial charge in [-0.15, -0.1) is 0 Å². The summed E-state index contributed by atoms with van der Waals surface area (Å²) in [5, 5.41) is 5.87. The van der Waals surface area contributed by atoms with Crippen LogP contribution in [0.4, 0.5) is 4.79 Å². The van der Waals surface area contributed by atoms with Crippen molar-refractivity contribution < 1.29 is 9.53 Å². The summed E-state index contributed by atoms with van der Waals surface area (Å²) >= 11 is 0. The Morgan fingerprint density at radius 1 is 1.24 bits per heavy atom. The first kappa shape index (κ1) is 18.2. The lowest BCUT2D eigenvalue weighted by Gasteiger charge is -2.37. The fourth-order valence-electron chi connectivity index (χ4n) is 2.33. The number of carbonyl (C=O) groups excluding carboxylic acids is 1. The van der Waals surface area contributed by atoms with E-state index in [4.69, 9.17) is 4.74 Å². The highest BCUT2D eigenvalue weighted by molar-refractivity contribution is 5.74. The molecule has 0 spiro atoms. The van der Waals surface area contributed by atoms with E-state index in [1.54, 1.807) is 0 Å². The molecular weight excluding hydrogens is 268 g/mol. The van der Waals surface area contributed by atoms with Crippen LogP contribution in [0.1, 0.15) is 20.8 Å². The largest absolute Gasteiger partial charge is 0.379 e. The van der Waals surface area contributed by atoms with E-state index in [0.717, 1.165) is 26.2 Å². The van der Waals surface area contributed by atoms with Gasteiger partial charge in [0.25, 0.3) is 0 Å². The summed E-state index contributed by atoms with van der Waals surface area (Å²) in [5.41, 5.74) is 0. The van der Waals surface area contributed by atoms with Crippen molar-refractivity contribution >= 4 is 6.03 Å². The van der Waals surface area contributed by atoms with Gasteiger partial charge in [-0.05, 0) is 26.9 Å². The maximum atomic E-state index is 11.9. The average molecular weight is 300 g/mol. The Labute approximate surface area is 129 Å². The Balaban J connectivity index is 2.18. The van der Waals surface area contributed by atoms with Crippen molar-refractivity contribution in [1.29, 1.82) is 0 Å². The van der Waals surface area contributed by atoms with Gasteiger partial charge in [0.1, 0.15) is 0 Å². The van der Waals surface area contributed by atoms with E-state index in [2.05, 4.69) is 48.4 Å². The molecule has 1 aliphatic heterocycles. The molecule has 0 saturated carbocycles. The number of hydrogen-bond donors (Lipinski definition) is 2. The molecular formula is C15H32N4O2. The number of hydrogen-bond acceptors (Lipinski definition) is 4. The van der Waals surface area contributed by atoms with Gasteiger partial charge in [-0.1, -0.05) is 13.8 Å². The summed E-state index contributed by atoms with van der Waals surface area (Å²) < 4.78 is 5.53. The number of amides is 2. The third-order valence-electron chi connectivity index (χ3n) is 3.67. The summed E-state index contributed by atoms with van der Waals surface area (Å²) in [4.78, 5) is 16.5. The minimum absolute atomic E-state index is 0.0236. The van der Waals surface area contributed by atoms with E-state index in [0.29, 0.717) is 25.1 Å². The van der Waals surface area contributed by atoms with Crippen LogP contribution in [0.3, 0.4) is 0 Å². The van der Waals surface area contributed by atoms with Gasteiger partial charge < -0.3 is 20.3 Å². The first-order valence-electron chi connectivity index (χ1n) is 7.89. The van der Waals surface area contributed by atoms with Gasteiger partial charge in [0.2, 0.25) is 0 Å². The maximum Gasteiger partial charge on any atom is 0.315 e. The van der Waals surface area contributed by atoms with Crippen molar-refractivity contribution in [1.82, 2.24) is 20.4 Å². The predicted octanol–water partition coefficient (Wildman–Crippen LogP) is 0.593. The van der Waals surface area contributed by atoms with Crippen LogP contribution in [0.25, 0.3) is 0 Å². The standard InChI is InChI=1S/C15H32N4O2/c1-12(2)10-21-11-13(3)17-15(20)16-8-14-9-18(4)6-7-19(14)5/h12-14H,6-11H2,1-5H3,(H2,16,17,20)/t13-,14-/m1/s1. The lowest BCUT2D eigenvalue weighted by molar-refractivity contribution is 0.0945. The van der Waals surface area contributed by atoms with Crippen molar-refractivity contribution in [2.45, 2.75) is 32.9 Å². The number of carbonyl (C=O) groups is 1. The van der Waals surface area contributed by atoms with Crippen LogP contribution in [0.15, 0.2) is 0 Å². The molecule has 2 amide bonds. The first-order valence-corrected chi connectivity index (χ1v) is 7.89. The molecule has 1 saturated heterocycles. The molecule has 0 aliphatic carbocycles. The summed E-state index contributed by atoms with van der Waals surface area (Å²) in [5.74, 6) is 0.518. The molecule has 1 rings (SSSR count). The molecule has 1 fully saturated rings. The third-order valence-corrected chi connectivity index (χ3v) is 3.67. The van der Waals surface area contributed by atoms with Gasteiger partial charge in [-0.25, -0.2) is 4.79 Å². The van der Waals surface area contributed by atoms with E-state index >= 15 is 0 Å². The fourth-order valence-corrected chi connectivity index (χ4v) is 2.33. The molecule has 0 aromatic rings. The smallest absolute Gasteiger partial charge is 0.315 e. The van der Waals surface area contributed by atoms with Crippen LogP contribution in [0.2, 0.25) is 0 Å². The third kappa shape index (κ3) is 7.64. The number of urea groups is 1. The molecule has 6 nitrogen and oxygen atoms in total. The second-order valence-corrected chi connectivity index (χ2v) is 6.58.